The number of nitrogens with zero attached hydrogens (tertiary/aromatic N) is 2. The third-order valence-corrected chi connectivity index (χ3v) is 3.41. The number of nitrogen functional groups attached to an aromatic ring is 1. The highest BCUT2D eigenvalue weighted by Gasteiger charge is 2.20. The SMILES string of the molecule is NC(=O)c1c(COc2ccccc2)nc(N)nc1-c1ccccc1. The van der Waals surface area contributed by atoms with Gasteiger partial charge < -0.3 is 16.2 Å². The van der Waals surface area contributed by atoms with Gasteiger partial charge in [0.15, 0.2) is 0 Å². The van der Waals surface area contributed by atoms with Gasteiger partial charge in [-0.1, -0.05) is 48.5 Å². The molecule has 6 heteroatoms. The number of anilines is 1. The van der Waals surface area contributed by atoms with Crippen LogP contribution in [0.1, 0.15) is 16.1 Å². The summed E-state index contributed by atoms with van der Waals surface area (Å²) in [7, 11) is 0. The Morgan fingerprint density at radius 1 is 0.958 bits per heavy atom. The molecule has 0 aliphatic carbocycles. The molecule has 6 nitrogen and oxygen atoms in total. The Morgan fingerprint density at radius 3 is 2.21 bits per heavy atom. The number of primary amides is 1. The molecule has 0 aliphatic heterocycles. The first-order valence-electron chi connectivity index (χ1n) is 7.34. The molecule has 0 spiro atoms. The zero-order chi connectivity index (χ0) is 16.9. The molecule has 0 atom stereocenters. The van der Waals surface area contributed by atoms with Crippen LogP contribution in [-0.4, -0.2) is 15.9 Å². The number of benzene rings is 2. The van der Waals surface area contributed by atoms with E-state index in [-0.39, 0.29) is 18.1 Å². The van der Waals surface area contributed by atoms with Gasteiger partial charge in [-0.15, -0.1) is 0 Å². The summed E-state index contributed by atoms with van der Waals surface area (Å²) in [5.74, 6) is 0.0948. The quantitative estimate of drug-likeness (QED) is 0.751. The molecule has 0 radical (unpaired) electrons. The van der Waals surface area contributed by atoms with Crippen molar-refractivity contribution in [3.63, 3.8) is 0 Å². The lowest BCUT2D eigenvalue weighted by molar-refractivity contribution is 0.0997. The van der Waals surface area contributed by atoms with Crippen LogP contribution in [0, 0.1) is 0 Å². The zero-order valence-corrected chi connectivity index (χ0v) is 12.8. The van der Waals surface area contributed by atoms with E-state index in [9.17, 15) is 4.79 Å². The summed E-state index contributed by atoms with van der Waals surface area (Å²) in [5.41, 5.74) is 13.1. The lowest BCUT2D eigenvalue weighted by Gasteiger charge is -2.13. The van der Waals surface area contributed by atoms with Gasteiger partial charge in [0.25, 0.3) is 5.91 Å². The van der Waals surface area contributed by atoms with Crippen molar-refractivity contribution in [1.82, 2.24) is 9.97 Å². The number of ether oxygens (including phenoxy) is 1. The van der Waals surface area contributed by atoms with Crippen molar-refractivity contribution >= 4 is 11.9 Å². The zero-order valence-electron chi connectivity index (χ0n) is 12.8. The van der Waals surface area contributed by atoms with Gasteiger partial charge in [0.05, 0.1) is 17.0 Å². The van der Waals surface area contributed by atoms with Crippen LogP contribution in [0.4, 0.5) is 5.95 Å². The fourth-order valence-electron chi connectivity index (χ4n) is 2.36. The second-order valence-corrected chi connectivity index (χ2v) is 5.08. The van der Waals surface area contributed by atoms with Gasteiger partial charge in [-0.25, -0.2) is 9.97 Å². The Balaban J connectivity index is 2.02. The van der Waals surface area contributed by atoms with Crippen molar-refractivity contribution in [2.45, 2.75) is 6.61 Å². The average Bonchev–Trinajstić information content (AvgIpc) is 2.60. The molecule has 0 saturated heterocycles. The Kier molecular flexibility index (Phi) is 4.38. The molecule has 2 aromatic carbocycles. The maximum Gasteiger partial charge on any atom is 0.252 e. The van der Waals surface area contributed by atoms with Gasteiger partial charge in [0.1, 0.15) is 12.4 Å². The van der Waals surface area contributed by atoms with Gasteiger partial charge in [0, 0.05) is 5.56 Å². The van der Waals surface area contributed by atoms with Gasteiger partial charge in [-0.3, -0.25) is 4.79 Å². The molecule has 1 aromatic heterocycles. The summed E-state index contributed by atoms with van der Waals surface area (Å²) in [6.07, 6.45) is 0. The number of hydrogen-bond acceptors (Lipinski definition) is 5. The third kappa shape index (κ3) is 3.33. The number of carbonyl (C=O) groups is 1. The van der Waals surface area contributed by atoms with Gasteiger partial charge >= 0.3 is 0 Å². The highest BCUT2D eigenvalue weighted by atomic mass is 16.5. The van der Waals surface area contributed by atoms with E-state index in [1.54, 1.807) is 0 Å². The number of amides is 1. The first kappa shape index (κ1) is 15.5. The second-order valence-electron chi connectivity index (χ2n) is 5.08. The van der Waals surface area contributed by atoms with Crippen LogP contribution in [0.3, 0.4) is 0 Å². The van der Waals surface area contributed by atoms with Crippen LogP contribution in [0.15, 0.2) is 60.7 Å². The Morgan fingerprint density at radius 2 is 1.58 bits per heavy atom. The molecule has 0 bridgehead atoms. The van der Waals surface area contributed by atoms with Gasteiger partial charge in [-0.05, 0) is 12.1 Å². The first-order chi connectivity index (χ1) is 11.6. The van der Waals surface area contributed by atoms with Crippen LogP contribution in [0.2, 0.25) is 0 Å². The minimum atomic E-state index is -0.625. The summed E-state index contributed by atoms with van der Waals surface area (Å²) >= 11 is 0. The Bertz CT molecular complexity index is 852. The summed E-state index contributed by atoms with van der Waals surface area (Å²) in [6, 6.07) is 18.4. The van der Waals surface area contributed by atoms with E-state index in [0.29, 0.717) is 17.1 Å². The molecule has 0 saturated carbocycles. The average molecular weight is 320 g/mol. The highest BCUT2D eigenvalue weighted by molar-refractivity contribution is 6.00. The van der Waals surface area contributed by atoms with Gasteiger partial charge in [0.2, 0.25) is 5.95 Å². The third-order valence-electron chi connectivity index (χ3n) is 3.41. The minimum absolute atomic E-state index is 0.0607. The first-order valence-corrected chi connectivity index (χ1v) is 7.34. The summed E-state index contributed by atoms with van der Waals surface area (Å²) in [5, 5.41) is 0. The van der Waals surface area contributed by atoms with Gasteiger partial charge in [-0.2, -0.15) is 0 Å². The topological polar surface area (TPSA) is 104 Å². The molecule has 120 valence electrons. The van der Waals surface area contributed by atoms with E-state index in [1.165, 1.54) is 0 Å². The predicted molar refractivity (Wildman–Crippen MR) is 91.2 cm³/mol. The normalized spacial score (nSPS) is 10.3. The van der Waals surface area contributed by atoms with E-state index in [4.69, 9.17) is 16.2 Å². The van der Waals surface area contributed by atoms with Crippen molar-refractivity contribution in [3.8, 4) is 17.0 Å². The van der Waals surface area contributed by atoms with Crippen LogP contribution >= 0.6 is 0 Å². The standard InChI is InChI=1S/C18H16N4O2/c19-17(23)15-14(11-24-13-9-5-2-6-10-13)21-18(20)22-16(15)12-7-3-1-4-8-12/h1-10H,11H2,(H2,19,23)(H2,20,21,22). The number of carbonyl (C=O) groups excluding carboxylic acids is 1. The fraction of sp³-hybridized carbons (Fsp3) is 0.0556. The molecule has 0 aliphatic rings. The molecule has 0 unspecified atom stereocenters. The van der Waals surface area contributed by atoms with E-state index >= 15 is 0 Å². The summed E-state index contributed by atoms with van der Waals surface area (Å²) < 4.78 is 5.68. The second kappa shape index (κ2) is 6.78. The molecule has 0 fully saturated rings. The van der Waals surface area contributed by atoms with E-state index in [0.717, 1.165) is 5.56 Å². The molecule has 4 N–H and O–H groups in total. The Labute approximate surface area is 139 Å². The predicted octanol–water partition coefficient (Wildman–Crippen LogP) is 2.40. The molecule has 3 aromatic rings. The maximum atomic E-state index is 12.0. The molecule has 3 rings (SSSR count). The lowest BCUT2D eigenvalue weighted by Crippen LogP contribution is -2.19. The molecular formula is C18H16N4O2. The lowest BCUT2D eigenvalue weighted by atomic mass is 10.0. The van der Waals surface area contributed by atoms with Crippen LogP contribution in [0.5, 0.6) is 5.75 Å². The van der Waals surface area contributed by atoms with E-state index in [2.05, 4.69) is 9.97 Å². The minimum Gasteiger partial charge on any atom is -0.487 e. The largest absolute Gasteiger partial charge is 0.487 e. The Hall–Kier alpha value is -3.41. The van der Waals surface area contributed by atoms with Crippen molar-refractivity contribution in [2.75, 3.05) is 5.73 Å². The van der Waals surface area contributed by atoms with Crippen molar-refractivity contribution in [3.05, 3.63) is 71.9 Å². The molecule has 24 heavy (non-hydrogen) atoms. The molecule has 1 amide bonds. The summed E-state index contributed by atoms with van der Waals surface area (Å²) in [4.78, 5) is 20.3. The fourth-order valence-corrected chi connectivity index (χ4v) is 2.36. The van der Waals surface area contributed by atoms with Crippen LogP contribution in [0.25, 0.3) is 11.3 Å². The summed E-state index contributed by atoms with van der Waals surface area (Å²) in [6.45, 7) is 0.0643. The van der Waals surface area contributed by atoms with Crippen molar-refractivity contribution < 1.29 is 9.53 Å². The number of nitrogens with two attached hydrogens (primary N) is 2. The van der Waals surface area contributed by atoms with E-state index < -0.39 is 5.91 Å². The van der Waals surface area contributed by atoms with Crippen molar-refractivity contribution in [2.24, 2.45) is 5.73 Å². The molecular weight excluding hydrogens is 304 g/mol. The smallest absolute Gasteiger partial charge is 0.252 e. The highest BCUT2D eigenvalue weighted by Crippen LogP contribution is 2.25. The van der Waals surface area contributed by atoms with Crippen LogP contribution in [-0.2, 0) is 6.61 Å². The maximum absolute atomic E-state index is 12.0. The monoisotopic (exact) mass is 320 g/mol. The molecule has 1 heterocycles. The number of aromatic nitrogens is 2. The van der Waals surface area contributed by atoms with Crippen molar-refractivity contribution in [1.29, 1.82) is 0 Å². The van der Waals surface area contributed by atoms with Crippen LogP contribution < -0.4 is 16.2 Å². The number of rotatable bonds is 5. The van der Waals surface area contributed by atoms with E-state index in [1.807, 2.05) is 60.7 Å². The number of para-hydroxylation sites is 1. The number of hydrogen-bond donors (Lipinski definition) is 2.